The maximum Gasteiger partial charge on any atom is 0.408 e. The predicted molar refractivity (Wildman–Crippen MR) is 47.6 cm³/mol. The minimum Gasteiger partial charge on any atom is -0.480 e. The molecular weight excluding hydrogens is 227 g/mol. The molecule has 0 radical (unpaired) electrons. The molecule has 0 unspecified atom stereocenters. The van der Waals surface area contributed by atoms with Gasteiger partial charge < -0.3 is 10.0 Å². The van der Waals surface area contributed by atoms with Crippen molar-refractivity contribution in [1.82, 2.24) is 4.90 Å². The number of amides is 1. The van der Waals surface area contributed by atoms with Crippen LogP contribution in [0.3, 0.4) is 0 Å². The Balaban J connectivity index is 3.00. The second-order valence-corrected chi connectivity index (χ2v) is 3.77. The van der Waals surface area contributed by atoms with Gasteiger partial charge in [0, 0.05) is 6.92 Å². The van der Waals surface area contributed by atoms with Crippen LogP contribution < -0.4 is 0 Å². The van der Waals surface area contributed by atoms with Crippen molar-refractivity contribution in [3.05, 3.63) is 0 Å². The van der Waals surface area contributed by atoms with Crippen LogP contribution in [0.2, 0.25) is 0 Å². The highest BCUT2D eigenvalue weighted by Crippen LogP contribution is 2.34. The van der Waals surface area contributed by atoms with Crippen molar-refractivity contribution >= 4 is 11.9 Å². The molecule has 1 saturated heterocycles. The van der Waals surface area contributed by atoms with E-state index in [1.54, 1.807) is 0 Å². The number of aliphatic carboxylic acids is 1. The molecule has 0 aromatic carbocycles. The van der Waals surface area contributed by atoms with Crippen molar-refractivity contribution in [2.24, 2.45) is 0 Å². The summed E-state index contributed by atoms with van der Waals surface area (Å²) in [6, 6.07) is -3.34. The monoisotopic (exact) mass is 239 g/mol. The molecule has 0 aliphatic carbocycles. The van der Waals surface area contributed by atoms with Crippen molar-refractivity contribution < 1.29 is 27.9 Å². The Bertz CT molecular complexity index is 303. The van der Waals surface area contributed by atoms with Crippen LogP contribution in [0.1, 0.15) is 26.2 Å². The lowest BCUT2D eigenvalue weighted by Gasteiger charge is -2.40. The molecule has 0 aromatic rings. The average Bonchev–Trinajstić information content (AvgIpc) is 2.14. The third kappa shape index (κ3) is 2.45. The molecule has 0 aromatic heterocycles. The number of likely N-dealkylation sites (tertiary alicyclic amines) is 1. The fourth-order valence-electron chi connectivity index (χ4n) is 2.00. The lowest BCUT2D eigenvalue weighted by Crippen LogP contribution is -2.57. The molecular formula is C9H12F3NO3. The van der Waals surface area contributed by atoms with Crippen molar-refractivity contribution in [2.75, 3.05) is 0 Å². The first-order valence-electron chi connectivity index (χ1n) is 4.83. The van der Waals surface area contributed by atoms with Gasteiger partial charge in [0.15, 0.2) is 0 Å². The molecule has 2 atom stereocenters. The smallest absolute Gasteiger partial charge is 0.408 e. The lowest BCUT2D eigenvalue weighted by molar-refractivity contribution is -0.204. The summed E-state index contributed by atoms with van der Waals surface area (Å²) < 4.78 is 37.8. The van der Waals surface area contributed by atoms with Gasteiger partial charge in [0.05, 0.1) is 0 Å². The number of hydrogen-bond acceptors (Lipinski definition) is 2. The van der Waals surface area contributed by atoms with Gasteiger partial charge in [0.2, 0.25) is 5.91 Å². The van der Waals surface area contributed by atoms with Gasteiger partial charge >= 0.3 is 12.1 Å². The molecule has 1 amide bonds. The molecule has 0 saturated carbocycles. The van der Waals surface area contributed by atoms with Gasteiger partial charge in [0.1, 0.15) is 12.1 Å². The molecule has 92 valence electrons. The molecule has 1 rings (SSSR count). The first-order valence-corrected chi connectivity index (χ1v) is 4.83. The number of alkyl halides is 3. The van der Waals surface area contributed by atoms with Gasteiger partial charge in [-0.2, -0.15) is 13.2 Å². The molecule has 0 bridgehead atoms. The number of carboxylic acids is 1. The van der Waals surface area contributed by atoms with Crippen LogP contribution in [0, 0.1) is 0 Å². The number of nitrogens with zero attached hydrogens (tertiary/aromatic N) is 1. The Morgan fingerprint density at radius 3 is 2.25 bits per heavy atom. The molecule has 1 heterocycles. The minimum absolute atomic E-state index is 0.0709. The first-order chi connectivity index (χ1) is 7.25. The quantitative estimate of drug-likeness (QED) is 0.752. The highest BCUT2D eigenvalue weighted by molar-refractivity contribution is 5.82. The summed E-state index contributed by atoms with van der Waals surface area (Å²) in [7, 11) is 0. The van der Waals surface area contributed by atoms with Gasteiger partial charge in [0.25, 0.3) is 0 Å². The third-order valence-electron chi connectivity index (χ3n) is 2.65. The molecule has 1 aliphatic heterocycles. The van der Waals surface area contributed by atoms with Gasteiger partial charge in [-0.05, 0) is 19.3 Å². The van der Waals surface area contributed by atoms with Crippen molar-refractivity contribution in [3.8, 4) is 0 Å². The van der Waals surface area contributed by atoms with Crippen LogP contribution in [-0.2, 0) is 9.59 Å². The number of hydrogen-bond donors (Lipinski definition) is 1. The third-order valence-corrected chi connectivity index (χ3v) is 2.65. The Morgan fingerprint density at radius 2 is 1.88 bits per heavy atom. The van der Waals surface area contributed by atoms with Crippen LogP contribution in [-0.4, -0.2) is 40.1 Å². The van der Waals surface area contributed by atoms with E-state index < -0.39 is 30.1 Å². The molecule has 1 fully saturated rings. The SMILES string of the molecule is CC(=O)N1[C@H](C(=O)O)CCC[C@@H]1C(F)(F)F. The zero-order valence-corrected chi connectivity index (χ0v) is 8.62. The van der Waals surface area contributed by atoms with Gasteiger partial charge in [-0.1, -0.05) is 0 Å². The van der Waals surface area contributed by atoms with Crippen LogP contribution in [0.4, 0.5) is 13.2 Å². The lowest BCUT2D eigenvalue weighted by atomic mass is 9.95. The normalized spacial score (nSPS) is 26.6. The van der Waals surface area contributed by atoms with E-state index in [0.29, 0.717) is 4.90 Å². The molecule has 0 spiro atoms. The van der Waals surface area contributed by atoms with E-state index in [0.717, 1.165) is 6.92 Å². The van der Waals surface area contributed by atoms with E-state index in [1.165, 1.54) is 0 Å². The Morgan fingerprint density at radius 1 is 1.31 bits per heavy atom. The highest BCUT2D eigenvalue weighted by atomic mass is 19.4. The Labute approximate surface area is 90.0 Å². The van der Waals surface area contributed by atoms with Crippen LogP contribution in [0.15, 0.2) is 0 Å². The second kappa shape index (κ2) is 4.31. The Hall–Kier alpha value is -1.27. The number of carbonyl (C=O) groups excluding carboxylic acids is 1. The summed E-state index contributed by atoms with van der Waals surface area (Å²) in [5.41, 5.74) is 0. The van der Waals surface area contributed by atoms with E-state index in [4.69, 9.17) is 5.11 Å². The number of rotatable bonds is 1. The highest BCUT2D eigenvalue weighted by Gasteiger charge is 2.50. The molecule has 7 heteroatoms. The van der Waals surface area contributed by atoms with Gasteiger partial charge in [-0.25, -0.2) is 4.79 Å². The summed E-state index contributed by atoms with van der Waals surface area (Å²) in [6.07, 6.45) is -4.57. The minimum atomic E-state index is -4.57. The maximum atomic E-state index is 12.6. The van der Waals surface area contributed by atoms with Crippen LogP contribution in [0.5, 0.6) is 0 Å². The van der Waals surface area contributed by atoms with Crippen molar-refractivity contribution in [1.29, 1.82) is 0 Å². The van der Waals surface area contributed by atoms with Crippen molar-refractivity contribution in [2.45, 2.75) is 44.4 Å². The molecule has 16 heavy (non-hydrogen) atoms. The summed E-state index contributed by atoms with van der Waals surface area (Å²) >= 11 is 0. The van der Waals surface area contributed by atoms with Crippen LogP contribution >= 0.6 is 0 Å². The average molecular weight is 239 g/mol. The standard InChI is InChI=1S/C9H12F3NO3/c1-5(14)13-6(8(15)16)3-2-4-7(13)9(10,11)12/h6-7H,2-4H2,1H3,(H,15,16)/t6-,7+/m0/s1. The Kier molecular flexibility index (Phi) is 3.44. The summed E-state index contributed by atoms with van der Waals surface area (Å²) in [6.45, 7) is 0.958. The zero-order valence-electron chi connectivity index (χ0n) is 8.62. The number of halogens is 3. The van der Waals surface area contributed by atoms with Gasteiger partial charge in [-0.3, -0.25) is 4.79 Å². The summed E-state index contributed by atoms with van der Waals surface area (Å²) in [5, 5.41) is 8.78. The van der Waals surface area contributed by atoms with E-state index in [-0.39, 0.29) is 19.3 Å². The van der Waals surface area contributed by atoms with E-state index in [2.05, 4.69) is 0 Å². The van der Waals surface area contributed by atoms with Crippen LogP contribution in [0.25, 0.3) is 0 Å². The van der Waals surface area contributed by atoms with Gasteiger partial charge in [-0.15, -0.1) is 0 Å². The predicted octanol–water partition coefficient (Wildman–Crippen LogP) is 1.40. The zero-order chi connectivity index (χ0) is 12.5. The second-order valence-electron chi connectivity index (χ2n) is 3.77. The topological polar surface area (TPSA) is 57.6 Å². The summed E-state index contributed by atoms with van der Waals surface area (Å²) in [4.78, 5) is 22.4. The maximum absolute atomic E-state index is 12.6. The molecule has 4 nitrogen and oxygen atoms in total. The first kappa shape index (κ1) is 12.8. The fourth-order valence-corrected chi connectivity index (χ4v) is 2.00. The fraction of sp³-hybridized carbons (Fsp3) is 0.778. The number of carbonyl (C=O) groups is 2. The van der Waals surface area contributed by atoms with E-state index in [1.807, 2.05) is 0 Å². The molecule has 1 aliphatic rings. The molecule has 1 N–H and O–H groups in total. The van der Waals surface area contributed by atoms with Crippen molar-refractivity contribution in [3.63, 3.8) is 0 Å². The van der Waals surface area contributed by atoms with E-state index >= 15 is 0 Å². The number of piperidine rings is 1. The largest absolute Gasteiger partial charge is 0.480 e. The van der Waals surface area contributed by atoms with E-state index in [9.17, 15) is 22.8 Å². The summed E-state index contributed by atoms with van der Waals surface area (Å²) in [5.74, 6) is -2.24. The number of carboxylic acid groups (broad SMARTS) is 1.